The van der Waals surface area contributed by atoms with E-state index in [1.165, 1.54) is 16.4 Å². The lowest BCUT2D eigenvalue weighted by Gasteiger charge is -2.09. The van der Waals surface area contributed by atoms with Crippen LogP contribution in [0.1, 0.15) is 0 Å². The predicted molar refractivity (Wildman–Crippen MR) is 80.2 cm³/mol. The SMILES string of the molecule is [C-]#[N+]c1cccc(B2CB(C)c3ccccc32)c1. The van der Waals surface area contributed by atoms with E-state index in [1.54, 1.807) is 0 Å². The van der Waals surface area contributed by atoms with Crippen molar-refractivity contribution in [1.29, 1.82) is 0 Å². The molecule has 0 aliphatic carbocycles. The van der Waals surface area contributed by atoms with Gasteiger partial charge in [0.2, 0.25) is 0 Å². The lowest BCUT2D eigenvalue weighted by atomic mass is 9.33. The van der Waals surface area contributed by atoms with Crippen molar-refractivity contribution in [3.63, 3.8) is 0 Å². The Morgan fingerprint density at radius 1 is 1.06 bits per heavy atom. The summed E-state index contributed by atoms with van der Waals surface area (Å²) in [5.74, 6) is 0. The Morgan fingerprint density at radius 3 is 2.61 bits per heavy atom. The summed E-state index contributed by atoms with van der Waals surface area (Å²) in [6.45, 7) is 10.5. The summed E-state index contributed by atoms with van der Waals surface area (Å²) in [5, 5.41) is 0. The van der Waals surface area contributed by atoms with E-state index in [2.05, 4.69) is 42.0 Å². The minimum atomic E-state index is 0.456. The molecule has 0 atom stereocenters. The van der Waals surface area contributed by atoms with Crippen molar-refractivity contribution in [2.45, 2.75) is 13.0 Å². The molecular formula is C15H13B2N. The third-order valence-electron chi connectivity index (χ3n) is 3.89. The van der Waals surface area contributed by atoms with Crippen LogP contribution in [0.4, 0.5) is 5.69 Å². The molecule has 0 saturated heterocycles. The lowest BCUT2D eigenvalue weighted by molar-refractivity contribution is 1.74. The van der Waals surface area contributed by atoms with Crippen LogP contribution < -0.4 is 16.4 Å². The highest BCUT2D eigenvalue weighted by atomic mass is 14.6. The van der Waals surface area contributed by atoms with Crippen LogP contribution in [-0.4, -0.2) is 13.4 Å². The highest BCUT2D eigenvalue weighted by molar-refractivity contribution is 7.04. The third kappa shape index (κ3) is 1.75. The van der Waals surface area contributed by atoms with Crippen molar-refractivity contribution >= 4 is 35.5 Å². The molecule has 0 amide bonds. The highest BCUT2D eigenvalue weighted by Crippen LogP contribution is 2.12. The zero-order valence-corrected chi connectivity index (χ0v) is 10.4. The van der Waals surface area contributed by atoms with Crippen LogP contribution in [0.25, 0.3) is 4.85 Å². The first kappa shape index (κ1) is 11.2. The van der Waals surface area contributed by atoms with Crippen molar-refractivity contribution < 1.29 is 0 Å². The largest absolute Gasteiger partial charge is 0.238 e. The van der Waals surface area contributed by atoms with Crippen LogP contribution >= 0.6 is 0 Å². The quantitative estimate of drug-likeness (QED) is 0.518. The summed E-state index contributed by atoms with van der Waals surface area (Å²) >= 11 is 0. The molecule has 0 fully saturated rings. The van der Waals surface area contributed by atoms with Gasteiger partial charge >= 0.3 is 0 Å². The summed E-state index contributed by atoms with van der Waals surface area (Å²) in [6.07, 6.45) is 1.15. The smallest absolute Gasteiger partial charge is 0.200 e. The molecule has 1 nitrogen and oxygen atoms in total. The molecule has 1 aliphatic rings. The number of hydrogen-bond donors (Lipinski definition) is 0. The number of benzene rings is 2. The number of hydrogen-bond acceptors (Lipinski definition) is 0. The van der Waals surface area contributed by atoms with Gasteiger partial charge in [-0.15, -0.1) is 0 Å². The Kier molecular flexibility index (Phi) is 2.72. The van der Waals surface area contributed by atoms with E-state index in [0.29, 0.717) is 13.4 Å². The fourth-order valence-electron chi connectivity index (χ4n) is 3.01. The molecule has 0 saturated carbocycles. The van der Waals surface area contributed by atoms with Crippen molar-refractivity contribution in [3.8, 4) is 0 Å². The Hall–Kier alpha value is -1.94. The second-order valence-electron chi connectivity index (χ2n) is 5.03. The molecule has 0 bridgehead atoms. The number of nitrogens with zero attached hydrogens (tertiary/aromatic N) is 1. The average Bonchev–Trinajstić information content (AvgIpc) is 2.77. The van der Waals surface area contributed by atoms with Gasteiger partial charge < -0.3 is 0 Å². The maximum atomic E-state index is 7.12. The van der Waals surface area contributed by atoms with E-state index >= 15 is 0 Å². The van der Waals surface area contributed by atoms with Gasteiger partial charge in [0.25, 0.3) is 0 Å². The lowest BCUT2D eigenvalue weighted by Crippen LogP contribution is -2.42. The van der Waals surface area contributed by atoms with Crippen LogP contribution in [0.2, 0.25) is 13.0 Å². The van der Waals surface area contributed by atoms with E-state index in [9.17, 15) is 0 Å². The average molecular weight is 229 g/mol. The molecule has 84 valence electrons. The van der Waals surface area contributed by atoms with Gasteiger partial charge in [0.15, 0.2) is 19.1 Å². The van der Waals surface area contributed by atoms with Crippen LogP contribution in [0.15, 0.2) is 48.5 Å². The van der Waals surface area contributed by atoms with Crippen molar-refractivity contribution in [1.82, 2.24) is 0 Å². The summed E-state index contributed by atoms with van der Waals surface area (Å²) in [5.41, 5.74) is 4.92. The van der Waals surface area contributed by atoms with Gasteiger partial charge in [-0.05, 0) is 0 Å². The van der Waals surface area contributed by atoms with Crippen LogP contribution in [0.3, 0.4) is 0 Å². The molecule has 2 aromatic rings. The van der Waals surface area contributed by atoms with E-state index in [-0.39, 0.29) is 0 Å². The molecule has 2 aromatic carbocycles. The second-order valence-corrected chi connectivity index (χ2v) is 5.03. The molecule has 1 aliphatic heterocycles. The summed E-state index contributed by atoms with van der Waals surface area (Å²) < 4.78 is 0. The van der Waals surface area contributed by atoms with E-state index in [1.807, 2.05) is 18.2 Å². The molecule has 18 heavy (non-hydrogen) atoms. The molecular weight excluding hydrogens is 216 g/mol. The van der Waals surface area contributed by atoms with E-state index in [4.69, 9.17) is 6.57 Å². The normalized spacial score (nSPS) is 13.3. The van der Waals surface area contributed by atoms with Gasteiger partial charge in [-0.3, -0.25) is 0 Å². The molecule has 0 spiro atoms. The predicted octanol–water partition coefficient (Wildman–Crippen LogP) is 1.73. The molecule has 0 N–H and O–H groups in total. The van der Waals surface area contributed by atoms with E-state index < -0.39 is 0 Å². The van der Waals surface area contributed by atoms with Crippen molar-refractivity contribution in [2.24, 2.45) is 0 Å². The molecule has 3 rings (SSSR count). The van der Waals surface area contributed by atoms with Gasteiger partial charge in [-0.1, -0.05) is 78.0 Å². The number of rotatable bonds is 1. The molecule has 1 heterocycles. The van der Waals surface area contributed by atoms with Crippen LogP contribution in [-0.2, 0) is 0 Å². The first-order valence-electron chi connectivity index (χ1n) is 6.36. The molecule has 0 radical (unpaired) electrons. The van der Waals surface area contributed by atoms with Gasteiger partial charge in [0.1, 0.15) is 0 Å². The molecule has 0 aromatic heterocycles. The van der Waals surface area contributed by atoms with Gasteiger partial charge in [-0.25, -0.2) is 4.85 Å². The Labute approximate surface area is 109 Å². The Bertz CT molecular complexity index is 630. The minimum Gasteiger partial charge on any atom is -0.238 e. The van der Waals surface area contributed by atoms with Crippen molar-refractivity contribution in [2.75, 3.05) is 0 Å². The van der Waals surface area contributed by atoms with E-state index in [0.717, 1.165) is 11.9 Å². The number of fused-ring (bicyclic) bond motifs is 1. The van der Waals surface area contributed by atoms with Crippen molar-refractivity contribution in [3.05, 3.63) is 59.9 Å². The third-order valence-corrected chi connectivity index (χ3v) is 3.89. The first-order chi connectivity index (χ1) is 8.79. The monoisotopic (exact) mass is 229 g/mol. The Balaban J connectivity index is 2.07. The van der Waals surface area contributed by atoms with Gasteiger partial charge in [0, 0.05) is 0 Å². The van der Waals surface area contributed by atoms with Crippen LogP contribution in [0.5, 0.6) is 0 Å². The highest BCUT2D eigenvalue weighted by Gasteiger charge is 2.33. The Morgan fingerprint density at radius 2 is 1.83 bits per heavy atom. The van der Waals surface area contributed by atoms with Crippen LogP contribution in [0, 0.1) is 6.57 Å². The minimum absolute atomic E-state index is 0.456. The first-order valence-corrected chi connectivity index (χ1v) is 6.36. The topological polar surface area (TPSA) is 4.36 Å². The van der Waals surface area contributed by atoms with Gasteiger partial charge in [0.05, 0.1) is 6.57 Å². The molecule has 0 unspecified atom stereocenters. The fourth-order valence-corrected chi connectivity index (χ4v) is 3.01. The summed E-state index contributed by atoms with van der Waals surface area (Å²) in [4.78, 5) is 3.53. The zero-order valence-electron chi connectivity index (χ0n) is 10.4. The summed E-state index contributed by atoms with van der Waals surface area (Å²) in [6, 6.07) is 16.7. The maximum Gasteiger partial charge on any atom is 0.200 e. The zero-order chi connectivity index (χ0) is 12.5. The second kappa shape index (κ2) is 4.38. The maximum absolute atomic E-state index is 7.12. The molecule has 3 heteroatoms. The standard InChI is InChI=1S/C15H13B2N/c1-16-11-17(15-9-4-3-8-14(15)16)12-6-5-7-13(10-12)18-2/h3-10H,11H2,1H3. The fraction of sp³-hybridized carbons (Fsp3) is 0.133. The summed E-state index contributed by atoms with van der Waals surface area (Å²) in [7, 11) is 0. The van der Waals surface area contributed by atoms with Gasteiger partial charge in [-0.2, -0.15) is 0 Å².